The van der Waals surface area contributed by atoms with E-state index >= 15 is 0 Å². The van der Waals surface area contributed by atoms with Gasteiger partial charge in [0.05, 0.1) is 11.1 Å². The number of hydrogen-bond acceptors (Lipinski definition) is 6. The Morgan fingerprint density at radius 3 is 2.55 bits per heavy atom. The molecular formula is C23H33N7O. The molecule has 0 unspecified atom stereocenters. The largest absolute Gasteiger partial charge is 0.321 e. The first-order valence-electron chi connectivity index (χ1n) is 11.1. The van der Waals surface area contributed by atoms with E-state index in [1.807, 2.05) is 10.7 Å². The van der Waals surface area contributed by atoms with Crippen LogP contribution >= 0.6 is 0 Å². The Labute approximate surface area is 183 Å². The van der Waals surface area contributed by atoms with Gasteiger partial charge in [-0.25, -0.2) is 4.68 Å². The quantitative estimate of drug-likeness (QED) is 0.679. The molecule has 1 aliphatic rings. The van der Waals surface area contributed by atoms with Crippen LogP contribution in [0.2, 0.25) is 0 Å². The third-order valence-electron chi connectivity index (χ3n) is 6.95. The second kappa shape index (κ2) is 8.16. The first kappa shape index (κ1) is 21.6. The number of H-pyrrole nitrogens is 1. The SMILES string of the molecule is CCC(C)(C)n1nnnc1[C@@H](c1cc2ccc(C)c(C)c2[nH]c1=O)N1CCN(C)CC1. The first-order chi connectivity index (χ1) is 14.7. The summed E-state index contributed by atoms with van der Waals surface area (Å²) in [5.74, 6) is 0.727. The molecule has 0 saturated carbocycles. The van der Waals surface area contributed by atoms with Crippen molar-refractivity contribution in [1.82, 2.24) is 35.0 Å². The van der Waals surface area contributed by atoms with Crippen molar-refractivity contribution in [3.05, 3.63) is 51.1 Å². The summed E-state index contributed by atoms with van der Waals surface area (Å²) in [6.07, 6.45) is 0.882. The molecule has 8 nitrogen and oxygen atoms in total. The minimum absolute atomic E-state index is 0.0750. The van der Waals surface area contributed by atoms with Crippen molar-refractivity contribution in [3.8, 4) is 0 Å². The second-order valence-corrected chi connectivity index (χ2v) is 9.38. The third-order valence-corrected chi connectivity index (χ3v) is 6.95. The lowest BCUT2D eigenvalue weighted by atomic mass is 9.98. The highest BCUT2D eigenvalue weighted by atomic mass is 16.1. The Hall–Kier alpha value is -2.58. The minimum Gasteiger partial charge on any atom is -0.321 e. The van der Waals surface area contributed by atoms with Crippen molar-refractivity contribution in [1.29, 1.82) is 0 Å². The molecule has 31 heavy (non-hydrogen) atoms. The molecule has 3 aromatic rings. The van der Waals surface area contributed by atoms with Gasteiger partial charge in [0.1, 0.15) is 6.04 Å². The molecule has 1 N–H and O–H groups in total. The lowest BCUT2D eigenvalue weighted by Gasteiger charge is -2.38. The van der Waals surface area contributed by atoms with Gasteiger partial charge in [-0.3, -0.25) is 9.69 Å². The predicted octanol–water partition coefficient (Wildman–Crippen LogP) is 2.61. The number of aromatic nitrogens is 5. The van der Waals surface area contributed by atoms with Crippen molar-refractivity contribution in [2.24, 2.45) is 0 Å². The van der Waals surface area contributed by atoms with E-state index in [4.69, 9.17) is 0 Å². The molecule has 0 spiro atoms. The minimum atomic E-state index is -0.302. The van der Waals surface area contributed by atoms with Crippen molar-refractivity contribution < 1.29 is 0 Å². The van der Waals surface area contributed by atoms with Gasteiger partial charge >= 0.3 is 0 Å². The zero-order valence-corrected chi connectivity index (χ0v) is 19.4. The van der Waals surface area contributed by atoms with Crippen LogP contribution in [0.5, 0.6) is 0 Å². The van der Waals surface area contributed by atoms with Crippen LogP contribution < -0.4 is 5.56 Å². The van der Waals surface area contributed by atoms with Crippen molar-refractivity contribution in [2.75, 3.05) is 33.2 Å². The van der Waals surface area contributed by atoms with Crippen LogP contribution in [0.25, 0.3) is 10.9 Å². The maximum atomic E-state index is 13.4. The summed E-state index contributed by atoms with van der Waals surface area (Å²) in [7, 11) is 2.13. The van der Waals surface area contributed by atoms with Gasteiger partial charge in [0.25, 0.3) is 5.56 Å². The molecule has 1 fully saturated rings. The van der Waals surface area contributed by atoms with E-state index < -0.39 is 0 Å². The van der Waals surface area contributed by atoms with Gasteiger partial charge in [0.2, 0.25) is 0 Å². The Balaban J connectivity index is 1.91. The van der Waals surface area contributed by atoms with Crippen LogP contribution in [0, 0.1) is 13.8 Å². The molecule has 3 heterocycles. The van der Waals surface area contributed by atoms with E-state index in [-0.39, 0.29) is 17.1 Å². The Kier molecular flexibility index (Phi) is 5.70. The summed E-state index contributed by atoms with van der Waals surface area (Å²) in [4.78, 5) is 21.2. The van der Waals surface area contributed by atoms with Crippen LogP contribution in [0.4, 0.5) is 0 Å². The van der Waals surface area contributed by atoms with Gasteiger partial charge < -0.3 is 9.88 Å². The van der Waals surface area contributed by atoms with Crippen LogP contribution in [-0.2, 0) is 5.54 Å². The number of nitrogens with one attached hydrogen (secondary N) is 1. The van der Waals surface area contributed by atoms with Crippen molar-refractivity contribution >= 4 is 10.9 Å². The topological polar surface area (TPSA) is 82.9 Å². The number of hydrogen-bond donors (Lipinski definition) is 1. The molecule has 0 aliphatic carbocycles. The summed E-state index contributed by atoms with van der Waals surface area (Å²) < 4.78 is 1.90. The smallest absolute Gasteiger partial charge is 0.253 e. The lowest BCUT2D eigenvalue weighted by Crippen LogP contribution is -2.48. The van der Waals surface area contributed by atoms with Crippen molar-refractivity contribution in [3.63, 3.8) is 0 Å². The number of aromatic amines is 1. The molecule has 0 radical (unpaired) electrons. The maximum absolute atomic E-state index is 13.4. The fourth-order valence-corrected chi connectivity index (χ4v) is 4.27. The number of piperazine rings is 1. The number of nitrogens with zero attached hydrogens (tertiary/aromatic N) is 6. The molecule has 2 aromatic heterocycles. The predicted molar refractivity (Wildman–Crippen MR) is 122 cm³/mol. The summed E-state index contributed by atoms with van der Waals surface area (Å²) in [6.45, 7) is 14.1. The highest BCUT2D eigenvalue weighted by Crippen LogP contribution is 2.31. The second-order valence-electron chi connectivity index (χ2n) is 9.38. The van der Waals surface area contributed by atoms with Gasteiger partial charge in [0.15, 0.2) is 5.82 Å². The monoisotopic (exact) mass is 423 g/mol. The first-order valence-corrected chi connectivity index (χ1v) is 11.1. The molecule has 166 valence electrons. The van der Waals surface area contributed by atoms with E-state index in [1.54, 1.807) is 0 Å². The van der Waals surface area contributed by atoms with Gasteiger partial charge in [0, 0.05) is 31.7 Å². The Morgan fingerprint density at radius 1 is 1.16 bits per heavy atom. The van der Waals surface area contributed by atoms with E-state index in [1.165, 1.54) is 5.56 Å². The summed E-state index contributed by atoms with van der Waals surface area (Å²) in [6, 6.07) is 5.91. The highest BCUT2D eigenvalue weighted by Gasteiger charge is 2.35. The number of pyridine rings is 1. The average Bonchev–Trinajstić information content (AvgIpc) is 3.24. The fourth-order valence-electron chi connectivity index (χ4n) is 4.27. The zero-order chi connectivity index (χ0) is 22.3. The molecule has 4 rings (SSSR count). The van der Waals surface area contributed by atoms with Crippen LogP contribution in [-0.4, -0.2) is 68.2 Å². The summed E-state index contributed by atoms with van der Waals surface area (Å²) in [5.41, 5.74) is 3.55. The molecule has 0 amide bonds. The van der Waals surface area contributed by atoms with E-state index in [0.29, 0.717) is 5.56 Å². The number of tetrazole rings is 1. The molecule has 1 aromatic carbocycles. The van der Waals surface area contributed by atoms with E-state index in [0.717, 1.165) is 54.9 Å². The third kappa shape index (κ3) is 3.90. The van der Waals surface area contributed by atoms with E-state index in [2.05, 4.69) is 84.1 Å². The fraction of sp³-hybridized carbons (Fsp3) is 0.565. The molecular weight excluding hydrogens is 390 g/mol. The van der Waals surface area contributed by atoms with Gasteiger partial charge in [-0.1, -0.05) is 19.1 Å². The molecule has 0 bridgehead atoms. The molecule has 8 heteroatoms. The zero-order valence-electron chi connectivity index (χ0n) is 19.4. The number of likely N-dealkylation sites (N-methyl/N-ethyl adjacent to an activating group) is 1. The molecule has 1 atom stereocenters. The Morgan fingerprint density at radius 2 is 1.87 bits per heavy atom. The standard InChI is InChI=1S/C23H33N7O/c1-7-23(4,5)30-21(25-26-27-30)20(29-12-10-28(6)11-13-29)18-14-17-9-8-15(2)16(3)19(17)24-22(18)31/h8-9,14,20H,7,10-13H2,1-6H3,(H,24,31)/t20-/m1/s1. The van der Waals surface area contributed by atoms with Crippen LogP contribution in [0.15, 0.2) is 23.0 Å². The molecule has 1 saturated heterocycles. The number of rotatable bonds is 5. The van der Waals surface area contributed by atoms with Gasteiger partial charge in [-0.05, 0) is 74.2 Å². The summed E-state index contributed by atoms with van der Waals surface area (Å²) in [5, 5.41) is 13.8. The Bertz CT molecular complexity index is 1140. The normalized spacial score (nSPS) is 17.4. The molecule has 1 aliphatic heterocycles. The highest BCUT2D eigenvalue weighted by molar-refractivity contribution is 5.83. The van der Waals surface area contributed by atoms with E-state index in [9.17, 15) is 4.79 Å². The maximum Gasteiger partial charge on any atom is 0.253 e. The van der Waals surface area contributed by atoms with Gasteiger partial charge in [-0.15, -0.1) is 5.10 Å². The van der Waals surface area contributed by atoms with Crippen molar-refractivity contribution in [2.45, 2.75) is 52.6 Å². The number of aryl methyl sites for hydroxylation is 2. The average molecular weight is 424 g/mol. The lowest BCUT2D eigenvalue weighted by molar-refractivity contribution is 0.117. The summed E-state index contributed by atoms with van der Waals surface area (Å²) >= 11 is 0. The van der Waals surface area contributed by atoms with Gasteiger partial charge in [-0.2, -0.15) is 0 Å². The number of benzene rings is 1. The van der Waals surface area contributed by atoms with Crippen LogP contribution in [0.3, 0.4) is 0 Å². The van der Waals surface area contributed by atoms with Crippen LogP contribution in [0.1, 0.15) is 55.7 Å². The number of fused-ring (bicyclic) bond motifs is 1.